The maximum atomic E-state index is 4.51. The van der Waals surface area contributed by atoms with Gasteiger partial charge in [0.15, 0.2) is 5.96 Å². The summed E-state index contributed by atoms with van der Waals surface area (Å²) in [6, 6.07) is 8.70. The first-order chi connectivity index (χ1) is 12.7. The summed E-state index contributed by atoms with van der Waals surface area (Å²) >= 11 is 2.09. The molecule has 1 saturated heterocycles. The standard InChI is InChI=1S/C20H29N5S.HI/c1-16(2)19-14-25(9-10-26-19)20(21-3)23-12-17-5-4-6-18(11-17)13-24-8-7-22-15-24;/h4-8,11,15-16,19H,9-10,12-14H2,1-3H3,(H,21,23);1H. The smallest absolute Gasteiger partial charge is 0.193 e. The van der Waals surface area contributed by atoms with Crippen molar-refractivity contribution in [3.8, 4) is 0 Å². The van der Waals surface area contributed by atoms with Crippen molar-refractivity contribution in [2.45, 2.75) is 32.2 Å². The molecular formula is C20H30IN5S. The van der Waals surface area contributed by atoms with Gasteiger partial charge in [-0.25, -0.2) is 4.98 Å². The number of aliphatic imine (C=N–C) groups is 1. The van der Waals surface area contributed by atoms with Crippen LogP contribution in [0.2, 0.25) is 0 Å². The Labute approximate surface area is 184 Å². The van der Waals surface area contributed by atoms with Crippen molar-refractivity contribution >= 4 is 41.7 Å². The van der Waals surface area contributed by atoms with Crippen LogP contribution >= 0.6 is 35.7 Å². The first kappa shape index (κ1) is 22.1. The average Bonchev–Trinajstić information content (AvgIpc) is 3.16. The molecule has 7 heteroatoms. The van der Waals surface area contributed by atoms with Crippen molar-refractivity contribution in [2.24, 2.45) is 10.9 Å². The first-order valence-corrected chi connectivity index (χ1v) is 10.3. The second-order valence-corrected chi connectivity index (χ2v) is 8.40. The van der Waals surface area contributed by atoms with E-state index in [1.165, 1.54) is 16.9 Å². The Hall–Kier alpha value is -1.22. The van der Waals surface area contributed by atoms with Gasteiger partial charge in [-0.2, -0.15) is 11.8 Å². The number of aromatic nitrogens is 2. The summed E-state index contributed by atoms with van der Waals surface area (Å²) in [5.41, 5.74) is 2.56. The molecule has 5 nitrogen and oxygen atoms in total. The summed E-state index contributed by atoms with van der Waals surface area (Å²) < 4.78 is 2.09. The molecule has 2 heterocycles. The van der Waals surface area contributed by atoms with E-state index in [0.717, 1.165) is 32.1 Å². The maximum Gasteiger partial charge on any atom is 0.193 e. The molecule has 0 amide bonds. The molecule has 1 aromatic heterocycles. The molecule has 1 fully saturated rings. The molecule has 1 atom stereocenters. The molecule has 1 unspecified atom stereocenters. The highest BCUT2D eigenvalue weighted by Crippen LogP contribution is 2.24. The summed E-state index contributed by atoms with van der Waals surface area (Å²) in [6.07, 6.45) is 5.66. The van der Waals surface area contributed by atoms with Gasteiger partial charge in [-0.3, -0.25) is 4.99 Å². The van der Waals surface area contributed by atoms with Gasteiger partial charge in [0, 0.05) is 56.6 Å². The number of guanidine groups is 1. The first-order valence-electron chi connectivity index (χ1n) is 9.26. The van der Waals surface area contributed by atoms with Crippen LogP contribution in [0.15, 0.2) is 48.0 Å². The summed E-state index contributed by atoms with van der Waals surface area (Å²) in [4.78, 5) is 11.0. The molecule has 0 radical (unpaired) electrons. The van der Waals surface area contributed by atoms with E-state index in [1.807, 2.05) is 25.8 Å². The number of hydrogen-bond acceptors (Lipinski definition) is 3. The third-order valence-corrected chi connectivity index (χ3v) is 6.25. The highest BCUT2D eigenvalue weighted by atomic mass is 127. The summed E-state index contributed by atoms with van der Waals surface area (Å²) in [5.74, 6) is 2.88. The molecule has 27 heavy (non-hydrogen) atoms. The van der Waals surface area contributed by atoms with Crippen molar-refractivity contribution in [1.29, 1.82) is 0 Å². The SMILES string of the molecule is CN=C(NCc1cccc(Cn2ccnc2)c1)N1CCSC(C(C)C)C1.I. The topological polar surface area (TPSA) is 45.5 Å². The zero-order chi connectivity index (χ0) is 18.4. The Kier molecular flexibility index (Phi) is 8.95. The lowest BCUT2D eigenvalue weighted by molar-refractivity contribution is 0.380. The summed E-state index contributed by atoms with van der Waals surface area (Å²) in [6.45, 7) is 8.39. The molecule has 2 aromatic rings. The molecule has 1 aliphatic heterocycles. The van der Waals surface area contributed by atoms with E-state index < -0.39 is 0 Å². The second kappa shape index (κ2) is 10.9. The van der Waals surface area contributed by atoms with Gasteiger partial charge in [0.1, 0.15) is 0 Å². The molecule has 148 valence electrons. The zero-order valence-electron chi connectivity index (χ0n) is 16.3. The number of rotatable bonds is 5. The van der Waals surface area contributed by atoms with Crippen molar-refractivity contribution in [3.05, 3.63) is 54.1 Å². The van der Waals surface area contributed by atoms with Gasteiger partial charge in [0.05, 0.1) is 6.33 Å². The van der Waals surface area contributed by atoms with E-state index in [1.54, 1.807) is 0 Å². The fourth-order valence-electron chi connectivity index (χ4n) is 3.21. The molecule has 1 N–H and O–H groups in total. The zero-order valence-corrected chi connectivity index (χ0v) is 19.5. The van der Waals surface area contributed by atoms with Crippen LogP contribution in [0, 0.1) is 5.92 Å². The summed E-state index contributed by atoms with van der Waals surface area (Å²) in [7, 11) is 1.88. The minimum absolute atomic E-state index is 0. The van der Waals surface area contributed by atoms with Crippen LogP contribution in [0.3, 0.4) is 0 Å². The highest BCUT2D eigenvalue weighted by Gasteiger charge is 2.24. The number of thioether (sulfide) groups is 1. The second-order valence-electron chi connectivity index (χ2n) is 7.06. The van der Waals surface area contributed by atoms with Crippen LogP contribution in [0.4, 0.5) is 0 Å². The maximum absolute atomic E-state index is 4.51. The number of nitrogens with one attached hydrogen (secondary N) is 1. The largest absolute Gasteiger partial charge is 0.352 e. The summed E-state index contributed by atoms with van der Waals surface area (Å²) in [5, 5.41) is 4.23. The van der Waals surface area contributed by atoms with Gasteiger partial charge in [0.2, 0.25) is 0 Å². The highest BCUT2D eigenvalue weighted by molar-refractivity contribution is 14.0. The molecule has 0 spiro atoms. The van der Waals surface area contributed by atoms with E-state index in [-0.39, 0.29) is 24.0 Å². The molecule has 1 aliphatic rings. The third kappa shape index (κ3) is 6.41. The lowest BCUT2D eigenvalue weighted by atomic mass is 10.1. The van der Waals surface area contributed by atoms with Crippen LogP contribution in [0.1, 0.15) is 25.0 Å². The Balaban J connectivity index is 0.00000261. The van der Waals surface area contributed by atoms with Crippen LogP contribution in [-0.2, 0) is 13.1 Å². The number of benzene rings is 1. The van der Waals surface area contributed by atoms with Crippen molar-refractivity contribution in [1.82, 2.24) is 19.8 Å². The van der Waals surface area contributed by atoms with Crippen LogP contribution in [0.25, 0.3) is 0 Å². The minimum atomic E-state index is 0. The lowest BCUT2D eigenvalue weighted by Crippen LogP contribution is -2.48. The van der Waals surface area contributed by atoms with Gasteiger partial charge in [-0.1, -0.05) is 38.1 Å². The van der Waals surface area contributed by atoms with E-state index in [9.17, 15) is 0 Å². The fourth-order valence-corrected chi connectivity index (χ4v) is 4.51. The lowest BCUT2D eigenvalue weighted by Gasteiger charge is -2.36. The van der Waals surface area contributed by atoms with E-state index >= 15 is 0 Å². The predicted molar refractivity (Wildman–Crippen MR) is 126 cm³/mol. The third-order valence-electron chi connectivity index (χ3n) is 4.71. The van der Waals surface area contributed by atoms with Gasteiger partial charge in [-0.15, -0.1) is 24.0 Å². The molecule has 0 saturated carbocycles. The number of imidazole rings is 1. The Morgan fingerprint density at radius 3 is 2.89 bits per heavy atom. The van der Waals surface area contributed by atoms with E-state index in [4.69, 9.17) is 0 Å². The van der Waals surface area contributed by atoms with E-state index in [2.05, 4.69) is 74.6 Å². The van der Waals surface area contributed by atoms with Gasteiger partial charge >= 0.3 is 0 Å². The monoisotopic (exact) mass is 499 g/mol. The van der Waals surface area contributed by atoms with Crippen LogP contribution < -0.4 is 5.32 Å². The van der Waals surface area contributed by atoms with Crippen molar-refractivity contribution < 1.29 is 0 Å². The quantitative estimate of drug-likeness (QED) is 0.387. The Morgan fingerprint density at radius 2 is 2.19 bits per heavy atom. The van der Waals surface area contributed by atoms with Crippen molar-refractivity contribution in [2.75, 3.05) is 25.9 Å². The number of nitrogens with zero attached hydrogens (tertiary/aromatic N) is 4. The van der Waals surface area contributed by atoms with Gasteiger partial charge in [0.25, 0.3) is 0 Å². The van der Waals surface area contributed by atoms with Gasteiger partial charge in [-0.05, 0) is 17.0 Å². The molecule has 3 rings (SSSR count). The minimum Gasteiger partial charge on any atom is -0.352 e. The van der Waals surface area contributed by atoms with Gasteiger partial charge < -0.3 is 14.8 Å². The van der Waals surface area contributed by atoms with Crippen LogP contribution in [-0.4, -0.2) is 51.6 Å². The average molecular weight is 499 g/mol. The number of halogens is 1. The Morgan fingerprint density at radius 1 is 1.37 bits per heavy atom. The predicted octanol–water partition coefficient (Wildman–Crippen LogP) is 3.70. The Bertz CT molecular complexity index is 717. The normalized spacial score (nSPS) is 17.7. The van der Waals surface area contributed by atoms with Crippen LogP contribution in [0.5, 0.6) is 0 Å². The molecular weight excluding hydrogens is 469 g/mol. The molecule has 0 aliphatic carbocycles. The molecule has 1 aromatic carbocycles. The fraction of sp³-hybridized carbons (Fsp3) is 0.500. The molecule has 0 bridgehead atoms. The van der Waals surface area contributed by atoms with E-state index in [0.29, 0.717) is 11.2 Å². The van der Waals surface area contributed by atoms with Crippen molar-refractivity contribution in [3.63, 3.8) is 0 Å². The number of hydrogen-bond donors (Lipinski definition) is 1.